The summed E-state index contributed by atoms with van der Waals surface area (Å²) in [5.74, 6) is -0.492. The van der Waals surface area contributed by atoms with Crippen molar-refractivity contribution in [2.75, 3.05) is 5.32 Å². The number of rotatable bonds is 5. The third-order valence-electron chi connectivity index (χ3n) is 3.94. The molecule has 0 atom stereocenters. The third kappa shape index (κ3) is 4.10. The Bertz CT molecular complexity index is 827. The van der Waals surface area contributed by atoms with Crippen molar-refractivity contribution in [3.63, 3.8) is 0 Å². The molecular formula is C16H13Cl3F3N3O. The van der Waals surface area contributed by atoms with Crippen LogP contribution in [-0.4, -0.2) is 15.7 Å². The Kier molecular flexibility index (Phi) is 5.42. The highest BCUT2D eigenvalue weighted by Crippen LogP contribution is 2.46. The largest absolute Gasteiger partial charge is 0.436 e. The molecule has 4 nitrogen and oxygen atoms in total. The predicted molar refractivity (Wildman–Crippen MR) is 93.9 cm³/mol. The molecule has 0 spiro atoms. The van der Waals surface area contributed by atoms with E-state index in [-0.39, 0.29) is 39.6 Å². The maximum atomic E-state index is 13.0. The molecule has 26 heavy (non-hydrogen) atoms. The Morgan fingerprint density at radius 3 is 2.38 bits per heavy atom. The van der Waals surface area contributed by atoms with E-state index in [4.69, 9.17) is 34.8 Å². The van der Waals surface area contributed by atoms with Crippen LogP contribution in [0, 0.1) is 0 Å². The SMILES string of the molecule is O=C(CCn1nc(C(F)(F)F)c(Cl)c1C1CC1)Nc1c(Cl)cccc1Cl. The number of amides is 1. The highest BCUT2D eigenvalue weighted by Gasteiger charge is 2.42. The van der Waals surface area contributed by atoms with Gasteiger partial charge >= 0.3 is 6.18 Å². The fourth-order valence-corrected chi connectivity index (χ4v) is 3.47. The van der Waals surface area contributed by atoms with Gasteiger partial charge in [-0.2, -0.15) is 18.3 Å². The fraction of sp³-hybridized carbons (Fsp3) is 0.375. The lowest BCUT2D eigenvalue weighted by Gasteiger charge is -2.10. The van der Waals surface area contributed by atoms with E-state index >= 15 is 0 Å². The number of anilines is 1. The first-order valence-electron chi connectivity index (χ1n) is 7.75. The van der Waals surface area contributed by atoms with Crippen LogP contribution in [-0.2, 0) is 17.5 Å². The Labute approximate surface area is 162 Å². The zero-order chi connectivity index (χ0) is 19.1. The highest BCUT2D eigenvalue weighted by atomic mass is 35.5. The summed E-state index contributed by atoms with van der Waals surface area (Å²) in [5.41, 5.74) is -0.518. The zero-order valence-corrected chi connectivity index (χ0v) is 15.5. The van der Waals surface area contributed by atoms with Gasteiger partial charge in [0.15, 0.2) is 5.69 Å². The number of para-hydroxylation sites is 1. The number of aryl methyl sites for hydroxylation is 1. The Balaban J connectivity index is 1.74. The lowest BCUT2D eigenvalue weighted by Crippen LogP contribution is -2.17. The minimum Gasteiger partial charge on any atom is -0.323 e. The van der Waals surface area contributed by atoms with E-state index in [0.717, 1.165) is 12.8 Å². The summed E-state index contributed by atoms with van der Waals surface area (Å²) < 4.78 is 40.3. The summed E-state index contributed by atoms with van der Waals surface area (Å²) in [5, 5.41) is 6.31. The number of carbonyl (C=O) groups excluding carboxylic acids is 1. The van der Waals surface area contributed by atoms with Crippen LogP contribution in [0.5, 0.6) is 0 Å². The van der Waals surface area contributed by atoms with Gasteiger partial charge in [0, 0.05) is 12.3 Å². The Morgan fingerprint density at radius 1 is 1.23 bits per heavy atom. The smallest absolute Gasteiger partial charge is 0.323 e. The summed E-state index contributed by atoms with van der Waals surface area (Å²) in [6.07, 6.45) is -3.23. The number of hydrogen-bond acceptors (Lipinski definition) is 2. The molecule has 3 rings (SSSR count). The number of carbonyl (C=O) groups is 1. The number of nitrogens with zero attached hydrogens (tertiary/aromatic N) is 2. The van der Waals surface area contributed by atoms with Crippen LogP contribution < -0.4 is 5.32 Å². The van der Waals surface area contributed by atoms with Crippen LogP contribution in [0.1, 0.15) is 36.6 Å². The van der Waals surface area contributed by atoms with E-state index in [1.54, 1.807) is 18.2 Å². The number of alkyl halides is 3. The van der Waals surface area contributed by atoms with Crippen LogP contribution >= 0.6 is 34.8 Å². The molecule has 1 N–H and O–H groups in total. The van der Waals surface area contributed by atoms with Gasteiger partial charge in [-0.25, -0.2) is 0 Å². The van der Waals surface area contributed by atoms with Crippen LogP contribution in [0.2, 0.25) is 15.1 Å². The summed E-state index contributed by atoms with van der Waals surface area (Å²) in [6, 6.07) is 4.76. The van der Waals surface area contributed by atoms with Crippen molar-refractivity contribution in [3.8, 4) is 0 Å². The number of benzene rings is 1. The van der Waals surface area contributed by atoms with Gasteiger partial charge in [-0.3, -0.25) is 9.48 Å². The molecule has 2 aromatic rings. The molecule has 140 valence electrons. The second-order valence-corrected chi connectivity index (χ2v) is 7.13. The molecule has 0 aliphatic heterocycles. The van der Waals surface area contributed by atoms with Crippen LogP contribution in [0.15, 0.2) is 18.2 Å². The minimum absolute atomic E-state index is 0.0322. The highest BCUT2D eigenvalue weighted by molar-refractivity contribution is 6.39. The van der Waals surface area contributed by atoms with Crippen LogP contribution in [0.4, 0.5) is 18.9 Å². The molecule has 0 bridgehead atoms. The maximum absolute atomic E-state index is 13.0. The Morgan fingerprint density at radius 2 is 1.85 bits per heavy atom. The average molecular weight is 427 g/mol. The fourth-order valence-electron chi connectivity index (χ4n) is 2.58. The molecule has 1 amide bonds. The molecule has 0 unspecified atom stereocenters. The van der Waals surface area contributed by atoms with E-state index < -0.39 is 17.8 Å². The number of halogens is 6. The van der Waals surface area contributed by atoms with E-state index in [0.29, 0.717) is 5.69 Å². The first-order valence-corrected chi connectivity index (χ1v) is 8.89. The van der Waals surface area contributed by atoms with Crippen LogP contribution in [0.25, 0.3) is 0 Å². The monoisotopic (exact) mass is 425 g/mol. The molecule has 1 saturated carbocycles. The molecule has 1 fully saturated rings. The maximum Gasteiger partial charge on any atom is 0.436 e. The number of hydrogen-bond donors (Lipinski definition) is 1. The molecule has 1 aliphatic carbocycles. The van der Waals surface area contributed by atoms with Crippen molar-refractivity contribution >= 4 is 46.4 Å². The topological polar surface area (TPSA) is 46.9 Å². The summed E-state index contributed by atoms with van der Waals surface area (Å²) in [4.78, 5) is 12.2. The summed E-state index contributed by atoms with van der Waals surface area (Å²) in [7, 11) is 0. The van der Waals surface area contributed by atoms with E-state index in [1.165, 1.54) is 4.68 Å². The first kappa shape index (κ1) is 19.3. The molecule has 1 aliphatic rings. The second-order valence-electron chi connectivity index (χ2n) is 5.94. The standard InChI is InChI=1S/C16H13Cl3F3N3O/c17-9-2-1-3-10(18)13(9)23-11(26)6-7-25-14(8-4-5-8)12(19)15(24-25)16(20,21)22/h1-3,8H,4-7H2,(H,23,26). The molecule has 1 aromatic carbocycles. The van der Waals surface area contributed by atoms with Gasteiger partial charge in [0.05, 0.1) is 33.0 Å². The van der Waals surface area contributed by atoms with Gasteiger partial charge in [0.25, 0.3) is 0 Å². The van der Waals surface area contributed by atoms with Crippen LogP contribution in [0.3, 0.4) is 0 Å². The predicted octanol–water partition coefficient (Wildman–Crippen LogP) is 5.77. The molecular weight excluding hydrogens is 414 g/mol. The van der Waals surface area contributed by atoms with Gasteiger partial charge in [-0.05, 0) is 25.0 Å². The van der Waals surface area contributed by atoms with Gasteiger partial charge in [0.1, 0.15) is 0 Å². The van der Waals surface area contributed by atoms with Crippen molar-refractivity contribution in [2.45, 2.75) is 37.9 Å². The van der Waals surface area contributed by atoms with E-state index in [2.05, 4.69) is 10.4 Å². The van der Waals surface area contributed by atoms with Crippen molar-refractivity contribution < 1.29 is 18.0 Å². The van der Waals surface area contributed by atoms with Crippen molar-refractivity contribution in [2.24, 2.45) is 0 Å². The van der Waals surface area contributed by atoms with Gasteiger partial charge < -0.3 is 5.32 Å². The first-order chi connectivity index (χ1) is 12.2. The summed E-state index contributed by atoms with van der Waals surface area (Å²) >= 11 is 17.9. The van der Waals surface area contributed by atoms with Crippen molar-refractivity contribution in [3.05, 3.63) is 44.7 Å². The average Bonchev–Trinajstić information content (AvgIpc) is 3.31. The van der Waals surface area contributed by atoms with Gasteiger partial charge in [-0.1, -0.05) is 40.9 Å². The number of nitrogens with one attached hydrogen (secondary N) is 1. The zero-order valence-electron chi connectivity index (χ0n) is 13.2. The molecule has 0 saturated heterocycles. The van der Waals surface area contributed by atoms with E-state index in [1.807, 2.05) is 0 Å². The minimum atomic E-state index is -4.64. The quantitative estimate of drug-likeness (QED) is 0.660. The molecule has 1 aromatic heterocycles. The normalized spacial score (nSPS) is 14.5. The lowest BCUT2D eigenvalue weighted by molar-refractivity contribution is -0.141. The molecule has 0 radical (unpaired) electrons. The lowest BCUT2D eigenvalue weighted by atomic mass is 10.2. The van der Waals surface area contributed by atoms with Gasteiger partial charge in [-0.15, -0.1) is 0 Å². The number of aromatic nitrogens is 2. The third-order valence-corrected chi connectivity index (χ3v) is 4.94. The molecule has 1 heterocycles. The summed E-state index contributed by atoms with van der Waals surface area (Å²) in [6.45, 7) is -0.0322. The van der Waals surface area contributed by atoms with Crippen molar-refractivity contribution in [1.82, 2.24) is 9.78 Å². The van der Waals surface area contributed by atoms with Crippen molar-refractivity contribution in [1.29, 1.82) is 0 Å². The van der Waals surface area contributed by atoms with Gasteiger partial charge in [0.2, 0.25) is 5.91 Å². The second kappa shape index (κ2) is 7.29. The van der Waals surface area contributed by atoms with E-state index in [9.17, 15) is 18.0 Å². The Hall–Kier alpha value is -1.44. The molecule has 10 heteroatoms.